The van der Waals surface area contributed by atoms with Crippen LogP contribution >= 0.6 is 11.8 Å². The van der Waals surface area contributed by atoms with Crippen molar-refractivity contribution in [2.75, 3.05) is 5.75 Å². The van der Waals surface area contributed by atoms with Gasteiger partial charge in [0.05, 0.1) is 12.0 Å². The van der Waals surface area contributed by atoms with Crippen LogP contribution in [0.15, 0.2) is 70.9 Å². The smallest absolute Gasteiger partial charge is 0.250 e. The summed E-state index contributed by atoms with van der Waals surface area (Å²) >= 11 is 1.28. The van der Waals surface area contributed by atoms with Crippen molar-refractivity contribution in [2.45, 2.75) is 25.6 Å². The van der Waals surface area contributed by atoms with Gasteiger partial charge in [0.1, 0.15) is 12.4 Å². The van der Waals surface area contributed by atoms with Crippen LogP contribution in [0.1, 0.15) is 22.5 Å². The van der Waals surface area contributed by atoms with Crippen molar-refractivity contribution in [1.82, 2.24) is 15.4 Å². The second-order valence-electron chi connectivity index (χ2n) is 6.33. The van der Waals surface area contributed by atoms with Gasteiger partial charge in [-0.3, -0.25) is 4.79 Å². The number of hydrogen-bond acceptors (Lipinski definition) is 6. The topological polar surface area (TPSA) is 76.5 Å². The minimum atomic E-state index is -0.225. The number of hydrazone groups is 1. The standard InChI is InChI=1S/C22H22N4O2S/c1-16-12-17(2)25-22(24-16)29-15-21(27)26-23-13-19-10-6-7-11-20(19)28-14-18-8-4-3-5-9-18/h3-13H,14-15H2,1-2H3,(H,26,27)/b23-13+. The maximum atomic E-state index is 12.0. The Bertz CT molecular complexity index is 973. The molecule has 7 heteroatoms. The van der Waals surface area contributed by atoms with E-state index in [4.69, 9.17) is 4.74 Å². The molecule has 0 aliphatic carbocycles. The molecule has 3 rings (SSSR count). The molecule has 0 bridgehead atoms. The number of carbonyl (C=O) groups is 1. The lowest BCUT2D eigenvalue weighted by molar-refractivity contribution is -0.118. The minimum Gasteiger partial charge on any atom is -0.488 e. The lowest BCUT2D eigenvalue weighted by atomic mass is 10.2. The van der Waals surface area contributed by atoms with E-state index in [0.29, 0.717) is 17.5 Å². The molecule has 0 radical (unpaired) electrons. The van der Waals surface area contributed by atoms with Crippen molar-refractivity contribution >= 4 is 23.9 Å². The quantitative estimate of drug-likeness (QED) is 0.266. The number of amides is 1. The molecule has 1 heterocycles. The summed E-state index contributed by atoms with van der Waals surface area (Å²) < 4.78 is 5.88. The van der Waals surface area contributed by atoms with E-state index in [1.54, 1.807) is 6.21 Å². The summed E-state index contributed by atoms with van der Waals surface area (Å²) in [5.74, 6) is 0.663. The van der Waals surface area contributed by atoms with Crippen molar-refractivity contribution in [2.24, 2.45) is 5.10 Å². The number of hydrogen-bond donors (Lipinski definition) is 1. The highest BCUT2D eigenvalue weighted by atomic mass is 32.2. The SMILES string of the molecule is Cc1cc(C)nc(SCC(=O)N/N=C/c2ccccc2OCc2ccccc2)n1. The maximum Gasteiger partial charge on any atom is 0.250 e. The van der Waals surface area contributed by atoms with Crippen molar-refractivity contribution in [3.63, 3.8) is 0 Å². The summed E-state index contributed by atoms with van der Waals surface area (Å²) in [5, 5.41) is 4.63. The summed E-state index contributed by atoms with van der Waals surface area (Å²) in [5.41, 5.74) is 6.16. The lowest BCUT2D eigenvalue weighted by Crippen LogP contribution is -2.20. The van der Waals surface area contributed by atoms with Crippen LogP contribution in [0.5, 0.6) is 5.75 Å². The average Bonchev–Trinajstić information content (AvgIpc) is 2.72. The van der Waals surface area contributed by atoms with E-state index in [2.05, 4.69) is 20.5 Å². The van der Waals surface area contributed by atoms with Crippen LogP contribution in [0.4, 0.5) is 0 Å². The summed E-state index contributed by atoms with van der Waals surface area (Å²) in [7, 11) is 0. The van der Waals surface area contributed by atoms with Gasteiger partial charge in [-0.2, -0.15) is 5.10 Å². The molecule has 148 valence electrons. The van der Waals surface area contributed by atoms with E-state index < -0.39 is 0 Å². The van der Waals surface area contributed by atoms with Crippen molar-refractivity contribution in [3.8, 4) is 5.75 Å². The molecule has 2 aromatic carbocycles. The fraction of sp³-hybridized carbons (Fsp3) is 0.182. The number of aryl methyl sites for hydroxylation is 2. The molecule has 0 aliphatic rings. The zero-order valence-corrected chi connectivity index (χ0v) is 17.1. The summed E-state index contributed by atoms with van der Waals surface area (Å²) in [4.78, 5) is 20.7. The second-order valence-corrected chi connectivity index (χ2v) is 7.27. The highest BCUT2D eigenvalue weighted by Crippen LogP contribution is 2.18. The molecule has 3 aromatic rings. The van der Waals surface area contributed by atoms with Crippen LogP contribution in [0.3, 0.4) is 0 Å². The van der Waals surface area contributed by atoms with Gasteiger partial charge in [0, 0.05) is 17.0 Å². The normalized spacial score (nSPS) is 10.8. The highest BCUT2D eigenvalue weighted by molar-refractivity contribution is 7.99. The molecule has 1 amide bonds. The molecule has 0 saturated heterocycles. The van der Waals surface area contributed by atoms with Crippen LogP contribution in [0.25, 0.3) is 0 Å². The van der Waals surface area contributed by atoms with E-state index in [1.807, 2.05) is 74.5 Å². The third-order valence-electron chi connectivity index (χ3n) is 3.84. The zero-order valence-electron chi connectivity index (χ0n) is 16.3. The second kappa shape index (κ2) is 10.4. The minimum absolute atomic E-state index is 0.187. The Labute approximate surface area is 174 Å². The van der Waals surface area contributed by atoms with Gasteiger partial charge >= 0.3 is 0 Å². The van der Waals surface area contributed by atoms with Crippen LogP contribution in [-0.4, -0.2) is 27.8 Å². The van der Waals surface area contributed by atoms with Crippen molar-refractivity contribution in [1.29, 1.82) is 0 Å². The van der Waals surface area contributed by atoms with Crippen molar-refractivity contribution in [3.05, 3.63) is 83.2 Å². The highest BCUT2D eigenvalue weighted by Gasteiger charge is 2.06. The average molecular weight is 407 g/mol. The Kier molecular flexibility index (Phi) is 7.35. The number of benzene rings is 2. The third-order valence-corrected chi connectivity index (χ3v) is 4.69. The Morgan fingerprint density at radius 2 is 1.76 bits per heavy atom. The van der Waals surface area contributed by atoms with E-state index in [9.17, 15) is 4.79 Å². The molecular weight excluding hydrogens is 384 g/mol. The lowest BCUT2D eigenvalue weighted by Gasteiger charge is -2.09. The number of para-hydroxylation sites is 1. The number of aromatic nitrogens is 2. The van der Waals surface area contributed by atoms with Gasteiger partial charge in [0.15, 0.2) is 5.16 Å². The first-order chi connectivity index (χ1) is 14.1. The van der Waals surface area contributed by atoms with Crippen LogP contribution in [-0.2, 0) is 11.4 Å². The molecular formula is C22H22N4O2S. The van der Waals surface area contributed by atoms with E-state index in [0.717, 1.165) is 22.5 Å². The molecule has 29 heavy (non-hydrogen) atoms. The summed E-state index contributed by atoms with van der Waals surface area (Å²) in [6, 6.07) is 19.4. The van der Waals surface area contributed by atoms with Gasteiger partial charge in [-0.25, -0.2) is 15.4 Å². The van der Waals surface area contributed by atoms with Crippen molar-refractivity contribution < 1.29 is 9.53 Å². The molecule has 0 saturated carbocycles. The number of thioether (sulfide) groups is 1. The van der Waals surface area contributed by atoms with Crippen LogP contribution in [0, 0.1) is 13.8 Å². The fourth-order valence-electron chi connectivity index (χ4n) is 2.55. The molecule has 0 aliphatic heterocycles. The molecule has 0 fully saturated rings. The fourth-order valence-corrected chi connectivity index (χ4v) is 3.29. The van der Waals surface area contributed by atoms with Gasteiger partial charge in [-0.05, 0) is 37.6 Å². The Morgan fingerprint density at radius 3 is 2.52 bits per heavy atom. The monoisotopic (exact) mass is 406 g/mol. The maximum absolute atomic E-state index is 12.0. The Balaban J connectivity index is 1.52. The number of nitrogens with one attached hydrogen (secondary N) is 1. The third kappa shape index (κ3) is 6.73. The van der Waals surface area contributed by atoms with Gasteiger partial charge < -0.3 is 4.74 Å². The van der Waals surface area contributed by atoms with E-state index in [-0.39, 0.29) is 11.7 Å². The number of nitrogens with zero attached hydrogens (tertiary/aromatic N) is 3. The number of ether oxygens (including phenoxy) is 1. The molecule has 1 aromatic heterocycles. The first kappa shape index (κ1) is 20.5. The molecule has 0 spiro atoms. The molecule has 6 nitrogen and oxygen atoms in total. The number of carbonyl (C=O) groups excluding carboxylic acids is 1. The van der Waals surface area contributed by atoms with Gasteiger partial charge in [0.25, 0.3) is 5.91 Å². The zero-order chi connectivity index (χ0) is 20.5. The van der Waals surface area contributed by atoms with E-state index >= 15 is 0 Å². The predicted octanol–water partition coefficient (Wildman–Crippen LogP) is 3.91. The predicted molar refractivity (Wildman–Crippen MR) is 115 cm³/mol. The first-order valence-electron chi connectivity index (χ1n) is 9.13. The first-order valence-corrected chi connectivity index (χ1v) is 10.1. The molecule has 1 N–H and O–H groups in total. The van der Waals surface area contributed by atoms with Crippen LogP contribution in [0.2, 0.25) is 0 Å². The summed E-state index contributed by atoms with van der Waals surface area (Å²) in [6.45, 7) is 4.27. The molecule has 0 unspecified atom stereocenters. The largest absolute Gasteiger partial charge is 0.488 e. The van der Waals surface area contributed by atoms with Gasteiger partial charge in [-0.1, -0.05) is 54.2 Å². The Hall–Kier alpha value is -3.19. The molecule has 0 atom stereocenters. The Morgan fingerprint density at radius 1 is 1.07 bits per heavy atom. The van der Waals surface area contributed by atoms with Gasteiger partial charge in [-0.15, -0.1) is 0 Å². The van der Waals surface area contributed by atoms with Crippen LogP contribution < -0.4 is 10.2 Å². The summed E-state index contributed by atoms with van der Waals surface area (Å²) in [6.07, 6.45) is 1.58. The van der Waals surface area contributed by atoms with E-state index in [1.165, 1.54) is 11.8 Å². The van der Waals surface area contributed by atoms with Gasteiger partial charge in [0.2, 0.25) is 0 Å². The number of rotatable bonds is 8.